The Morgan fingerprint density at radius 2 is 1.78 bits per heavy atom. The molecule has 1 aromatic heterocycles. The van der Waals surface area contributed by atoms with E-state index in [1.807, 2.05) is 20.8 Å². The molecule has 0 fully saturated rings. The number of rotatable bonds is 2. The molecule has 0 aliphatic heterocycles. The van der Waals surface area contributed by atoms with E-state index in [2.05, 4.69) is 25.9 Å². The zero-order valence-corrected chi connectivity index (χ0v) is 12.1. The Labute approximate surface area is 113 Å². The Morgan fingerprint density at radius 3 is 2.33 bits per heavy atom. The average molecular weight is 311 g/mol. The third kappa shape index (κ3) is 2.72. The van der Waals surface area contributed by atoms with E-state index >= 15 is 0 Å². The van der Waals surface area contributed by atoms with Crippen LogP contribution < -0.4 is 5.69 Å². The highest BCUT2D eigenvalue weighted by Crippen LogP contribution is 2.27. The number of halogens is 1. The highest BCUT2D eigenvalue weighted by atomic mass is 79.9. The number of benzene rings is 1. The molecule has 0 amide bonds. The van der Waals surface area contributed by atoms with Crippen molar-refractivity contribution in [2.75, 3.05) is 0 Å². The van der Waals surface area contributed by atoms with Gasteiger partial charge in [-0.2, -0.15) is 0 Å². The van der Waals surface area contributed by atoms with Gasteiger partial charge in [0.25, 0.3) is 0 Å². The number of imidazole rings is 1. The van der Waals surface area contributed by atoms with Crippen LogP contribution in [0, 0.1) is 5.41 Å². The van der Waals surface area contributed by atoms with Crippen LogP contribution in [0.1, 0.15) is 37.6 Å². The summed E-state index contributed by atoms with van der Waals surface area (Å²) in [5.74, 6) is 0.0679. The van der Waals surface area contributed by atoms with Crippen molar-refractivity contribution in [2.45, 2.75) is 27.2 Å². The summed E-state index contributed by atoms with van der Waals surface area (Å²) in [5.41, 5.74) is 1.63. The Hall–Kier alpha value is -1.36. The maximum Gasteiger partial charge on any atom is 0.323 e. The largest absolute Gasteiger partial charge is 0.323 e. The fraction of sp³-hybridized carbons (Fsp3) is 0.385. The van der Waals surface area contributed by atoms with Crippen LogP contribution >= 0.6 is 15.9 Å². The normalized spacial score (nSPS) is 12.0. The second-order valence-corrected chi connectivity index (χ2v) is 6.47. The molecule has 0 radical (unpaired) electrons. The van der Waals surface area contributed by atoms with Gasteiger partial charge in [0.05, 0.1) is 11.0 Å². The number of carbonyl (C=O) groups is 1. The molecule has 2 rings (SSSR count). The SMILES string of the molecule is CC(C)(C)CC(=O)c1cc2[nH]c(=O)[nH]c2cc1Br. The molecule has 4 nitrogen and oxygen atoms in total. The van der Waals surface area contributed by atoms with Crippen LogP contribution in [0.25, 0.3) is 11.0 Å². The number of hydrogen-bond donors (Lipinski definition) is 2. The third-order valence-electron chi connectivity index (χ3n) is 2.59. The van der Waals surface area contributed by atoms with E-state index in [-0.39, 0.29) is 16.9 Å². The summed E-state index contributed by atoms with van der Waals surface area (Å²) in [6.07, 6.45) is 0.464. The smallest absolute Gasteiger partial charge is 0.306 e. The lowest BCUT2D eigenvalue weighted by molar-refractivity contribution is 0.0939. The first-order valence-corrected chi connectivity index (χ1v) is 6.50. The Bertz CT molecular complexity index is 662. The maximum atomic E-state index is 12.2. The summed E-state index contributed by atoms with van der Waals surface area (Å²) in [4.78, 5) is 28.7. The molecule has 0 spiro atoms. The molecule has 1 heterocycles. The standard InChI is InChI=1S/C13H15BrN2O2/c1-13(2,3)6-11(17)7-4-9-10(5-8(7)14)16-12(18)15-9/h4-5H,6H2,1-3H3,(H2,15,16,18). The van der Waals surface area contributed by atoms with E-state index in [9.17, 15) is 9.59 Å². The van der Waals surface area contributed by atoms with Gasteiger partial charge in [0.2, 0.25) is 0 Å². The predicted octanol–water partition coefficient (Wildman–Crippen LogP) is 3.24. The van der Waals surface area contributed by atoms with Crippen molar-refractivity contribution in [3.63, 3.8) is 0 Å². The lowest BCUT2D eigenvalue weighted by Gasteiger charge is -2.17. The molecule has 0 saturated heterocycles. The molecule has 0 aliphatic carbocycles. The summed E-state index contributed by atoms with van der Waals surface area (Å²) in [7, 11) is 0. The van der Waals surface area contributed by atoms with E-state index in [4.69, 9.17) is 0 Å². The van der Waals surface area contributed by atoms with Gasteiger partial charge in [-0.05, 0) is 33.5 Å². The van der Waals surface area contributed by atoms with Crippen LogP contribution in [0.4, 0.5) is 0 Å². The van der Waals surface area contributed by atoms with Crippen molar-refractivity contribution in [2.24, 2.45) is 5.41 Å². The minimum absolute atomic E-state index is 0.0585. The average Bonchev–Trinajstić information content (AvgIpc) is 2.53. The number of fused-ring (bicyclic) bond motifs is 1. The zero-order valence-electron chi connectivity index (χ0n) is 10.6. The minimum atomic E-state index is -0.266. The molecule has 0 atom stereocenters. The van der Waals surface area contributed by atoms with Crippen molar-refractivity contribution in [1.29, 1.82) is 0 Å². The summed E-state index contributed by atoms with van der Waals surface area (Å²) in [5, 5.41) is 0. The van der Waals surface area contributed by atoms with Crippen LogP contribution in [-0.2, 0) is 0 Å². The molecule has 0 unspecified atom stereocenters. The number of ketones is 1. The van der Waals surface area contributed by atoms with Crippen molar-refractivity contribution in [3.05, 3.63) is 32.7 Å². The van der Waals surface area contributed by atoms with E-state index in [1.54, 1.807) is 12.1 Å². The summed E-state index contributed by atoms with van der Waals surface area (Å²) in [6, 6.07) is 3.47. The molecule has 0 aliphatic rings. The first-order valence-electron chi connectivity index (χ1n) is 5.71. The van der Waals surface area contributed by atoms with Gasteiger partial charge in [-0.15, -0.1) is 0 Å². The molecule has 2 N–H and O–H groups in total. The highest BCUT2D eigenvalue weighted by Gasteiger charge is 2.19. The molecular weight excluding hydrogens is 296 g/mol. The number of hydrogen-bond acceptors (Lipinski definition) is 2. The lowest BCUT2D eigenvalue weighted by Crippen LogP contribution is -2.13. The van der Waals surface area contributed by atoms with Crippen molar-refractivity contribution >= 4 is 32.7 Å². The second-order valence-electron chi connectivity index (χ2n) is 5.62. The summed E-state index contributed by atoms with van der Waals surface area (Å²) >= 11 is 3.38. The topological polar surface area (TPSA) is 65.7 Å². The van der Waals surface area contributed by atoms with Gasteiger partial charge in [0.1, 0.15) is 0 Å². The number of aromatic nitrogens is 2. The predicted molar refractivity (Wildman–Crippen MR) is 75.0 cm³/mol. The molecule has 0 bridgehead atoms. The van der Waals surface area contributed by atoms with E-state index < -0.39 is 0 Å². The first-order chi connectivity index (χ1) is 8.26. The molecule has 0 saturated carbocycles. The fourth-order valence-electron chi connectivity index (χ4n) is 1.85. The minimum Gasteiger partial charge on any atom is -0.306 e. The molecule has 5 heteroatoms. The van der Waals surface area contributed by atoms with E-state index in [0.717, 1.165) is 0 Å². The Morgan fingerprint density at radius 1 is 1.22 bits per heavy atom. The van der Waals surface area contributed by atoms with Crippen LogP contribution in [0.5, 0.6) is 0 Å². The molecule has 96 valence electrons. The van der Waals surface area contributed by atoms with E-state index in [1.165, 1.54) is 0 Å². The van der Waals surface area contributed by atoms with Gasteiger partial charge in [-0.25, -0.2) is 4.79 Å². The van der Waals surface area contributed by atoms with Crippen LogP contribution in [0.15, 0.2) is 21.4 Å². The van der Waals surface area contributed by atoms with Crippen molar-refractivity contribution < 1.29 is 4.79 Å². The highest BCUT2D eigenvalue weighted by molar-refractivity contribution is 9.10. The number of Topliss-reactive ketones (excluding diaryl/α,β-unsaturated/α-hetero) is 1. The van der Waals surface area contributed by atoms with Gasteiger partial charge in [-0.3, -0.25) is 4.79 Å². The maximum absolute atomic E-state index is 12.2. The molecular formula is C13H15BrN2O2. The number of aromatic amines is 2. The monoisotopic (exact) mass is 310 g/mol. The molecule has 1 aromatic carbocycles. The van der Waals surface area contributed by atoms with Crippen LogP contribution in [0.2, 0.25) is 0 Å². The van der Waals surface area contributed by atoms with Crippen molar-refractivity contribution in [3.8, 4) is 0 Å². The number of carbonyl (C=O) groups excluding carboxylic acids is 1. The Balaban J connectivity index is 2.47. The zero-order chi connectivity index (χ0) is 13.5. The van der Waals surface area contributed by atoms with E-state index in [0.29, 0.717) is 27.5 Å². The van der Waals surface area contributed by atoms with Crippen molar-refractivity contribution in [1.82, 2.24) is 9.97 Å². The summed E-state index contributed by atoms with van der Waals surface area (Å²) < 4.78 is 0.708. The first kappa shape index (κ1) is 13.1. The van der Waals surface area contributed by atoms with Gasteiger partial charge in [0.15, 0.2) is 5.78 Å². The number of nitrogens with one attached hydrogen (secondary N) is 2. The third-order valence-corrected chi connectivity index (χ3v) is 3.25. The second kappa shape index (κ2) is 4.39. The fourth-order valence-corrected chi connectivity index (χ4v) is 2.41. The quantitative estimate of drug-likeness (QED) is 0.836. The molecule has 18 heavy (non-hydrogen) atoms. The van der Waals surface area contributed by atoms with Crippen LogP contribution in [0.3, 0.4) is 0 Å². The Kier molecular flexibility index (Phi) is 3.19. The molecule has 2 aromatic rings. The summed E-state index contributed by atoms with van der Waals surface area (Å²) in [6.45, 7) is 6.07. The van der Waals surface area contributed by atoms with Gasteiger partial charge in [-0.1, -0.05) is 20.8 Å². The van der Waals surface area contributed by atoms with Gasteiger partial charge >= 0.3 is 5.69 Å². The number of H-pyrrole nitrogens is 2. The van der Waals surface area contributed by atoms with Gasteiger partial charge in [0, 0.05) is 16.5 Å². The van der Waals surface area contributed by atoms with Crippen LogP contribution in [-0.4, -0.2) is 15.8 Å². The lowest BCUT2D eigenvalue weighted by atomic mass is 9.88. The van der Waals surface area contributed by atoms with Gasteiger partial charge < -0.3 is 9.97 Å².